The molecule has 7 rings (SSSR count). The highest BCUT2D eigenvalue weighted by atomic mass is 32.1. The highest BCUT2D eigenvalue weighted by Crippen LogP contribution is 2.37. The molecule has 39 heavy (non-hydrogen) atoms. The molecule has 5 heterocycles. The molecule has 0 radical (unpaired) electrons. The molecule has 1 aliphatic rings. The van der Waals surface area contributed by atoms with Crippen LogP contribution < -0.4 is 5.32 Å². The number of fused-ring (bicyclic) bond motifs is 2. The molecular formula is C31H28N6OS. The Kier molecular flexibility index (Phi) is 5.97. The first kappa shape index (κ1) is 23.8. The lowest BCUT2D eigenvalue weighted by molar-refractivity contribution is -0.120. The Morgan fingerprint density at radius 1 is 0.897 bits per heavy atom. The number of nitrogens with zero attached hydrogens (tertiary/aromatic N) is 3. The summed E-state index contributed by atoms with van der Waals surface area (Å²) in [5.41, 5.74) is 7.52. The molecular weight excluding hydrogens is 504 g/mol. The summed E-state index contributed by atoms with van der Waals surface area (Å²) < 4.78 is 0. The smallest absolute Gasteiger partial charge is 0.227 e. The Balaban J connectivity index is 1.22. The fourth-order valence-electron chi connectivity index (χ4n) is 5.63. The molecule has 8 heteroatoms. The minimum atomic E-state index is 0.100. The zero-order chi connectivity index (χ0) is 26.3. The quantitative estimate of drug-likeness (QED) is 0.212. The van der Waals surface area contributed by atoms with E-state index in [1.165, 1.54) is 16.2 Å². The number of aromatic nitrogens is 5. The number of carbonyl (C=O) groups excluding carboxylic acids is 1. The molecule has 0 atom stereocenters. The van der Waals surface area contributed by atoms with Gasteiger partial charge in [0, 0.05) is 50.0 Å². The Hall–Kier alpha value is -4.30. The van der Waals surface area contributed by atoms with Crippen molar-refractivity contribution in [3.63, 3.8) is 0 Å². The standard InChI is InChI=1S/C31H28N6OS/c1-18-7-10-29(39-18)25-16-33-17-28-23(25)13-27(35-28)30-24-12-20(8-9-26(24)36-37-30)21-11-22(15-32-14-21)34-31(38)19-5-3-2-4-6-19/h7-17,19,35H,2-6H2,1H3,(H,34,38)(H,36,37). The summed E-state index contributed by atoms with van der Waals surface area (Å²) in [4.78, 5) is 27.7. The van der Waals surface area contributed by atoms with Gasteiger partial charge < -0.3 is 10.3 Å². The average Bonchev–Trinajstić information content (AvgIpc) is 3.71. The lowest BCUT2D eigenvalue weighted by Crippen LogP contribution is -2.24. The number of hydrogen-bond donors (Lipinski definition) is 3. The summed E-state index contributed by atoms with van der Waals surface area (Å²) in [6.45, 7) is 2.12. The van der Waals surface area contributed by atoms with E-state index in [1.54, 1.807) is 17.5 Å². The third kappa shape index (κ3) is 4.51. The number of rotatable bonds is 5. The van der Waals surface area contributed by atoms with Gasteiger partial charge in [-0.3, -0.25) is 19.9 Å². The molecule has 194 valence electrons. The van der Waals surface area contributed by atoms with E-state index in [0.717, 1.165) is 81.3 Å². The van der Waals surface area contributed by atoms with Gasteiger partial charge in [0.25, 0.3) is 0 Å². The van der Waals surface area contributed by atoms with Crippen LogP contribution >= 0.6 is 11.3 Å². The molecule has 0 spiro atoms. The van der Waals surface area contributed by atoms with E-state index in [2.05, 4.69) is 67.7 Å². The van der Waals surface area contributed by atoms with Gasteiger partial charge >= 0.3 is 0 Å². The van der Waals surface area contributed by atoms with Crippen LogP contribution in [-0.4, -0.2) is 31.1 Å². The molecule has 0 bridgehead atoms. The highest BCUT2D eigenvalue weighted by Gasteiger charge is 2.21. The maximum absolute atomic E-state index is 12.8. The Morgan fingerprint density at radius 3 is 2.62 bits per heavy atom. The summed E-state index contributed by atoms with van der Waals surface area (Å²) in [6.07, 6.45) is 12.8. The van der Waals surface area contributed by atoms with E-state index in [0.29, 0.717) is 0 Å². The number of carbonyl (C=O) groups is 1. The summed E-state index contributed by atoms with van der Waals surface area (Å²) in [6, 6.07) is 14.7. The minimum absolute atomic E-state index is 0.100. The molecule has 6 aromatic rings. The van der Waals surface area contributed by atoms with Crippen LogP contribution in [0.5, 0.6) is 0 Å². The van der Waals surface area contributed by atoms with E-state index in [4.69, 9.17) is 0 Å². The lowest BCUT2D eigenvalue weighted by atomic mass is 9.88. The van der Waals surface area contributed by atoms with Crippen molar-refractivity contribution in [2.45, 2.75) is 39.0 Å². The number of nitrogens with one attached hydrogen (secondary N) is 3. The average molecular weight is 533 g/mol. The predicted octanol–water partition coefficient (Wildman–Crippen LogP) is 7.72. The van der Waals surface area contributed by atoms with Crippen LogP contribution in [0, 0.1) is 12.8 Å². The number of pyridine rings is 2. The molecule has 3 N–H and O–H groups in total. The van der Waals surface area contributed by atoms with Crippen molar-refractivity contribution < 1.29 is 4.79 Å². The minimum Gasteiger partial charge on any atom is -0.352 e. The van der Waals surface area contributed by atoms with Crippen molar-refractivity contribution in [3.8, 4) is 33.0 Å². The van der Waals surface area contributed by atoms with Crippen LogP contribution in [0.2, 0.25) is 0 Å². The normalized spacial score (nSPS) is 14.3. The van der Waals surface area contributed by atoms with Gasteiger partial charge in [0.15, 0.2) is 0 Å². The molecule has 1 aromatic carbocycles. The zero-order valence-corrected chi connectivity index (χ0v) is 22.4. The number of hydrogen-bond acceptors (Lipinski definition) is 5. The van der Waals surface area contributed by atoms with E-state index >= 15 is 0 Å². The zero-order valence-electron chi connectivity index (χ0n) is 21.6. The maximum Gasteiger partial charge on any atom is 0.227 e. The van der Waals surface area contributed by atoms with Gasteiger partial charge in [-0.2, -0.15) is 5.10 Å². The molecule has 5 aromatic heterocycles. The van der Waals surface area contributed by atoms with Crippen LogP contribution in [-0.2, 0) is 4.79 Å². The van der Waals surface area contributed by atoms with Crippen LogP contribution in [0.3, 0.4) is 0 Å². The molecule has 0 saturated heterocycles. The van der Waals surface area contributed by atoms with E-state index in [9.17, 15) is 4.79 Å². The first-order valence-corrected chi connectivity index (χ1v) is 14.2. The largest absolute Gasteiger partial charge is 0.352 e. The molecule has 1 amide bonds. The van der Waals surface area contributed by atoms with Gasteiger partial charge in [0.2, 0.25) is 5.91 Å². The molecule has 7 nitrogen and oxygen atoms in total. The fourth-order valence-corrected chi connectivity index (χ4v) is 6.52. The Labute approximate surface area is 229 Å². The SMILES string of the molecule is Cc1ccc(-c2cncc3[nH]c(-c4n[nH]c5ccc(-c6cncc(NC(=O)C7CCCCC7)c6)cc45)cc23)s1. The summed E-state index contributed by atoms with van der Waals surface area (Å²) >= 11 is 1.77. The second-order valence-electron chi connectivity index (χ2n) is 10.4. The molecule has 1 aliphatic carbocycles. The van der Waals surface area contributed by atoms with Crippen molar-refractivity contribution in [1.82, 2.24) is 25.1 Å². The number of aromatic amines is 2. The number of H-pyrrole nitrogens is 2. The Bertz CT molecular complexity index is 1820. The summed E-state index contributed by atoms with van der Waals surface area (Å²) in [7, 11) is 0. The fraction of sp³-hybridized carbons (Fsp3) is 0.226. The van der Waals surface area contributed by atoms with Gasteiger partial charge in [-0.25, -0.2) is 0 Å². The second-order valence-corrected chi connectivity index (χ2v) is 11.6. The molecule has 0 unspecified atom stereocenters. The molecule has 1 fully saturated rings. The number of thiophene rings is 1. The number of anilines is 1. The van der Waals surface area contributed by atoms with Crippen LogP contribution in [0.25, 0.3) is 54.8 Å². The maximum atomic E-state index is 12.8. The van der Waals surface area contributed by atoms with Gasteiger partial charge in [-0.15, -0.1) is 11.3 Å². The summed E-state index contributed by atoms with van der Waals surface area (Å²) in [5.74, 6) is 0.203. The Morgan fingerprint density at radius 2 is 1.77 bits per heavy atom. The van der Waals surface area contributed by atoms with Gasteiger partial charge in [0.05, 0.1) is 34.8 Å². The van der Waals surface area contributed by atoms with E-state index in [-0.39, 0.29) is 11.8 Å². The number of aryl methyl sites for hydroxylation is 1. The summed E-state index contributed by atoms with van der Waals surface area (Å²) in [5, 5.41) is 13.1. The number of amides is 1. The van der Waals surface area contributed by atoms with E-state index in [1.807, 2.05) is 30.7 Å². The molecule has 1 saturated carbocycles. The van der Waals surface area contributed by atoms with Crippen molar-refractivity contribution in [2.24, 2.45) is 5.92 Å². The van der Waals surface area contributed by atoms with Crippen LogP contribution in [0.4, 0.5) is 5.69 Å². The third-order valence-electron chi connectivity index (χ3n) is 7.68. The topological polar surface area (TPSA) is 99.3 Å². The van der Waals surface area contributed by atoms with Gasteiger partial charge in [0.1, 0.15) is 5.69 Å². The molecule has 0 aliphatic heterocycles. The van der Waals surface area contributed by atoms with Crippen LogP contribution in [0.1, 0.15) is 37.0 Å². The predicted molar refractivity (Wildman–Crippen MR) is 158 cm³/mol. The van der Waals surface area contributed by atoms with Gasteiger partial charge in [-0.05, 0) is 61.7 Å². The van der Waals surface area contributed by atoms with Crippen LogP contribution in [0.15, 0.2) is 67.3 Å². The van der Waals surface area contributed by atoms with Crippen molar-refractivity contribution in [3.05, 3.63) is 72.1 Å². The second kappa shape index (κ2) is 9.78. The lowest BCUT2D eigenvalue weighted by Gasteiger charge is -2.20. The van der Waals surface area contributed by atoms with Crippen molar-refractivity contribution >= 4 is 44.7 Å². The highest BCUT2D eigenvalue weighted by molar-refractivity contribution is 7.15. The third-order valence-corrected chi connectivity index (χ3v) is 8.72. The first-order valence-electron chi connectivity index (χ1n) is 13.4. The van der Waals surface area contributed by atoms with Crippen molar-refractivity contribution in [2.75, 3.05) is 5.32 Å². The monoisotopic (exact) mass is 532 g/mol. The first-order chi connectivity index (χ1) is 19.1. The number of benzene rings is 1. The van der Waals surface area contributed by atoms with Gasteiger partial charge in [-0.1, -0.05) is 25.3 Å². The van der Waals surface area contributed by atoms with E-state index < -0.39 is 0 Å². The van der Waals surface area contributed by atoms with Crippen molar-refractivity contribution in [1.29, 1.82) is 0 Å².